The van der Waals surface area contributed by atoms with Crippen LogP contribution in [0.1, 0.15) is 37.2 Å². The van der Waals surface area contributed by atoms with Gasteiger partial charge < -0.3 is 15.5 Å². The molecule has 1 saturated heterocycles. The van der Waals surface area contributed by atoms with Crippen molar-refractivity contribution < 1.29 is 4.79 Å². The van der Waals surface area contributed by atoms with Crippen molar-refractivity contribution in [3.05, 3.63) is 35.9 Å². The Morgan fingerprint density at radius 2 is 1.87 bits per heavy atom. The number of likely N-dealkylation sites (tertiary alicyclic amines) is 1. The molecule has 0 aromatic heterocycles. The third kappa shape index (κ3) is 3.86. The molecule has 124 valence electrons. The summed E-state index contributed by atoms with van der Waals surface area (Å²) in [6.45, 7) is 4.01. The van der Waals surface area contributed by atoms with E-state index in [1.54, 1.807) is 0 Å². The molecule has 0 spiro atoms. The fraction of sp³-hybridized carbons (Fsp3) is 0.632. The zero-order valence-corrected chi connectivity index (χ0v) is 13.7. The van der Waals surface area contributed by atoms with Gasteiger partial charge in [-0.2, -0.15) is 0 Å². The van der Waals surface area contributed by atoms with Crippen LogP contribution in [-0.4, -0.2) is 43.2 Å². The van der Waals surface area contributed by atoms with Crippen LogP contribution in [-0.2, 0) is 0 Å². The molecule has 23 heavy (non-hydrogen) atoms. The van der Waals surface area contributed by atoms with E-state index < -0.39 is 0 Å². The first-order valence-corrected chi connectivity index (χ1v) is 9.10. The van der Waals surface area contributed by atoms with E-state index in [2.05, 4.69) is 45.9 Å². The molecule has 4 nitrogen and oxygen atoms in total. The molecule has 3 atom stereocenters. The van der Waals surface area contributed by atoms with E-state index in [1.807, 2.05) is 0 Å². The van der Waals surface area contributed by atoms with Gasteiger partial charge in [0.1, 0.15) is 0 Å². The Bertz CT molecular complexity index is 543. The van der Waals surface area contributed by atoms with E-state index in [0.29, 0.717) is 17.8 Å². The number of rotatable bonds is 6. The molecular weight excluding hydrogens is 286 g/mol. The Balaban J connectivity index is 1.12. The molecule has 1 heterocycles. The largest absolute Gasteiger partial charge is 0.338 e. The van der Waals surface area contributed by atoms with Gasteiger partial charge in [-0.15, -0.1) is 0 Å². The molecule has 1 aromatic carbocycles. The lowest BCUT2D eigenvalue weighted by Gasteiger charge is -2.15. The molecule has 3 aliphatic rings. The highest BCUT2D eigenvalue weighted by molar-refractivity contribution is 5.73. The molecule has 2 aliphatic carbocycles. The summed E-state index contributed by atoms with van der Waals surface area (Å²) in [6, 6.07) is 11.5. The first-order chi connectivity index (χ1) is 11.3. The Kier molecular flexibility index (Phi) is 4.25. The number of carbonyl (C=O) groups is 1. The number of carbonyl (C=O) groups excluding carboxylic acids is 1. The SMILES string of the molecule is O=C(NC[C@@H]1CCN(C2CC2)C1)NC[C@H]1C[C@@H]1c1ccccc1. The Labute approximate surface area is 138 Å². The summed E-state index contributed by atoms with van der Waals surface area (Å²) in [4.78, 5) is 14.6. The number of nitrogens with one attached hydrogen (secondary N) is 2. The van der Waals surface area contributed by atoms with Crippen molar-refractivity contribution >= 4 is 6.03 Å². The molecule has 0 radical (unpaired) electrons. The van der Waals surface area contributed by atoms with E-state index in [0.717, 1.165) is 19.1 Å². The summed E-state index contributed by atoms with van der Waals surface area (Å²) in [7, 11) is 0. The van der Waals surface area contributed by atoms with Crippen LogP contribution in [0.2, 0.25) is 0 Å². The van der Waals surface area contributed by atoms with E-state index in [-0.39, 0.29) is 6.03 Å². The normalized spacial score (nSPS) is 30.2. The van der Waals surface area contributed by atoms with Gasteiger partial charge in [0.25, 0.3) is 0 Å². The van der Waals surface area contributed by atoms with Crippen molar-refractivity contribution in [2.45, 2.75) is 37.6 Å². The van der Waals surface area contributed by atoms with Gasteiger partial charge >= 0.3 is 6.03 Å². The van der Waals surface area contributed by atoms with Gasteiger partial charge in [0, 0.05) is 25.7 Å². The third-order valence-corrected chi connectivity index (χ3v) is 5.61. The van der Waals surface area contributed by atoms with Crippen molar-refractivity contribution in [1.29, 1.82) is 0 Å². The first-order valence-electron chi connectivity index (χ1n) is 9.10. The predicted molar refractivity (Wildman–Crippen MR) is 91.4 cm³/mol. The molecule has 1 aromatic rings. The molecule has 1 aliphatic heterocycles. The van der Waals surface area contributed by atoms with Gasteiger partial charge in [-0.05, 0) is 55.5 Å². The zero-order chi connectivity index (χ0) is 15.6. The molecule has 2 N–H and O–H groups in total. The van der Waals surface area contributed by atoms with Crippen molar-refractivity contribution in [3.8, 4) is 0 Å². The van der Waals surface area contributed by atoms with E-state index in [4.69, 9.17) is 0 Å². The third-order valence-electron chi connectivity index (χ3n) is 5.61. The van der Waals surface area contributed by atoms with E-state index in [1.165, 1.54) is 44.3 Å². The second-order valence-electron chi connectivity index (χ2n) is 7.48. The maximum atomic E-state index is 12.0. The minimum absolute atomic E-state index is 0.00795. The minimum atomic E-state index is 0.00795. The first kappa shape index (κ1) is 15.0. The summed E-state index contributed by atoms with van der Waals surface area (Å²) >= 11 is 0. The highest BCUT2D eigenvalue weighted by Crippen LogP contribution is 2.46. The van der Waals surface area contributed by atoms with Crippen LogP contribution in [0, 0.1) is 11.8 Å². The Morgan fingerprint density at radius 1 is 1.09 bits per heavy atom. The molecule has 0 unspecified atom stereocenters. The fourth-order valence-corrected chi connectivity index (χ4v) is 3.91. The Morgan fingerprint density at radius 3 is 2.65 bits per heavy atom. The van der Waals surface area contributed by atoms with Crippen LogP contribution in [0.5, 0.6) is 0 Å². The molecule has 2 saturated carbocycles. The van der Waals surface area contributed by atoms with Crippen LogP contribution in [0.25, 0.3) is 0 Å². The zero-order valence-electron chi connectivity index (χ0n) is 13.7. The van der Waals surface area contributed by atoms with Crippen LogP contribution in [0.4, 0.5) is 4.79 Å². The smallest absolute Gasteiger partial charge is 0.314 e. The molecular formula is C19H27N3O. The summed E-state index contributed by atoms with van der Waals surface area (Å²) in [5.74, 6) is 1.89. The molecule has 3 fully saturated rings. The van der Waals surface area contributed by atoms with Crippen molar-refractivity contribution in [2.75, 3.05) is 26.2 Å². The van der Waals surface area contributed by atoms with Crippen molar-refractivity contribution in [1.82, 2.24) is 15.5 Å². The van der Waals surface area contributed by atoms with Gasteiger partial charge in [-0.25, -0.2) is 4.79 Å². The van der Waals surface area contributed by atoms with Gasteiger partial charge in [-0.3, -0.25) is 0 Å². The van der Waals surface area contributed by atoms with Gasteiger partial charge in [0.2, 0.25) is 0 Å². The van der Waals surface area contributed by atoms with Crippen molar-refractivity contribution in [3.63, 3.8) is 0 Å². The standard InChI is InChI=1S/C19H27N3O/c23-19(20-11-14-8-9-22(13-14)17-6-7-17)21-12-16-10-18(16)15-4-2-1-3-5-15/h1-5,14,16-18H,6-13H2,(H2,20,21,23)/t14-,16+,18+/m0/s1. The highest BCUT2D eigenvalue weighted by atomic mass is 16.2. The van der Waals surface area contributed by atoms with Crippen LogP contribution in [0.15, 0.2) is 30.3 Å². The second kappa shape index (κ2) is 6.52. The average Bonchev–Trinajstić information content (AvgIpc) is 3.51. The second-order valence-corrected chi connectivity index (χ2v) is 7.48. The predicted octanol–water partition coefficient (Wildman–Crippen LogP) is 2.57. The number of benzene rings is 1. The van der Waals surface area contributed by atoms with Crippen LogP contribution >= 0.6 is 0 Å². The molecule has 0 bridgehead atoms. The van der Waals surface area contributed by atoms with Gasteiger partial charge in [0.15, 0.2) is 0 Å². The van der Waals surface area contributed by atoms with Crippen LogP contribution < -0.4 is 10.6 Å². The number of amides is 2. The van der Waals surface area contributed by atoms with E-state index in [9.17, 15) is 4.79 Å². The summed E-state index contributed by atoms with van der Waals surface area (Å²) < 4.78 is 0. The number of nitrogens with zero attached hydrogens (tertiary/aromatic N) is 1. The molecule has 2 amide bonds. The van der Waals surface area contributed by atoms with Gasteiger partial charge in [-0.1, -0.05) is 30.3 Å². The van der Waals surface area contributed by atoms with Crippen molar-refractivity contribution in [2.24, 2.45) is 11.8 Å². The summed E-state index contributed by atoms with van der Waals surface area (Å²) in [6.07, 6.45) is 5.19. The van der Waals surface area contributed by atoms with E-state index >= 15 is 0 Å². The van der Waals surface area contributed by atoms with Crippen LogP contribution in [0.3, 0.4) is 0 Å². The topological polar surface area (TPSA) is 44.4 Å². The Hall–Kier alpha value is -1.55. The molecule has 4 rings (SSSR count). The lowest BCUT2D eigenvalue weighted by molar-refractivity contribution is 0.238. The average molecular weight is 313 g/mol. The monoisotopic (exact) mass is 313 g/mol. The molecule has 4 heteroatoms. The summed E-state index contributed by atoms with van der Waals surface area (Å²) in [5, 5.41) is 6.12. The maximum absolute atomic E-state index is 12.0. The lowest BCUT2D eigenvalue weighted by Crippen LogP contribution is -2.39. The lowest BCUT2D eigenvalue weighted by atomic mass is 10.1. The minimum Gasteiger partial charge on any atom is -0.338 e. The number of urea groups is 1. The number of hydrogen-bond acceptors (Lipinski definition) is 2. The summed E-state index contributed by atoms with van der Waals surface area (Å²) in [5.41, 5.74) is 1.41. The highest BCUT2D eigenvalue weighted by Gasteiger charge is 2.38. The fourth-order valence-electron chi connectivity index (χ4n) is 3.91. The quantitative estimate of drug-likeness (QED) is 0.848. The maximum Gasteiger partial charge on any atom is 0.314 e. The number of hydrogen-bond donors (Lipinski definition) is 2. The van der Waals surface area contributed by atoms with Gasteiger partial charge in [0.05, 0.1) is 0 Å².